The standard InChI is InChI=1S/C18H20N2O2/c21-17(12-20-18(22)13-6-2-1-3-7-13)16-10-14-8-4-5-9-15(14)11-19-16/h1-9,16-17,19,21H,10-12H2,(H,20,22)/t16-,17?/m0/s1. The van der Waals surface area contributed by atoms with Crippen LogP contribution in [0.1, 0.15) is 21.5 Å². The third-order valence-corrected chi connectivity index (χ3v) is 4.09. The highest BCUT2D eigenvalue weighted by molar-refractivity contribution is 5.94. The molecule has 1 heterocycles. The summed E-state index contributed by atoms with van der Waals surface area (Å²) in [7, 11) is 0. The van der Waals surface area contributed by atoms with Crippen LogP contribution in [-0.4, -0.2) is 29.7 Å². The van der Waals surface area contributed by atoms with Gasteiger partial charge in [0, 0.05) is 24.7 Å². The molecule has 2 aromatic rings. The van der Waals surface area contributed by atoms with Gasteiger partial charge in [0.1, 0.15) is 0 Å². The topological polar surface area (TPSA) is 61.4 Å². The molecule has 0 spiro atoms. The monoisotopic (exact) mass is 296 g/mol. The van der Waals surface area contributed by atoms with E-state index < -0.39 is 6.10 Å². The number of aliphatic hydroxyl groups excluding tert-OH is 1. The molecule has 0 saturated heterocycles. The summed E-state index contributed by atoms with van der Waals surface area (Å²) < 4.78 is 0. The average Bonchev–Trinajstić information content (AvgIpc) is 2.59. The maximum absolute atomic E-state index is 12.0. The van der Waals surface area contributed by atoms with Crippen LogP contribution in [0.5, 0.6) is 0 Å². The van der Waals surface area contributed by atoms with Crippen molar-refractivity contribution in [2.75, 3.05) is 6.54 Å². The summed E-state index contributed by atoms with van der Waals surface area (Å²) in [5.41, 5.74) is 3.15. The number of hydrogen-bond acceptors (Lipinski definition) is 3. The van der Waals surface area contributed by atoms with Crippen LogP contribution in [0.2, 0.25) is 0 Å². The van der Waals surface area contributed by atoms with E-state index in [0.29, 0.717) is 5.56 Å². The number of benzene rings is 2. The van der Waals surface area contributed by atoms with E-state index in [1.54, 1.807) is 12.1 Å². The van der Waals surface area contributed by atoms with E-state index in [4.69, 9.17) is 0 Å². The Hall–Kier alpha value is -2.17. The van der Waals surface area contributed by atoms with Crippen LogP contribution < -0.4 is 10.6 Å². The Morgan fingerprint density at radius 1 is 1.14 bits per heavy atom. The summed E-state index contributed by atoms with van der Waals surface area (Å²) in [6.07, 6.45) is 0.166. The van der Waals surface area contributed by atoms with Crippen molar-refractivity contribution >= 4 is 5.91 Å². The predicted molar refractivity (Wildman–Crippen MR) is 85.6 cm³/mol. The first-order valence-electron chi connectivity index (χ1n) is 7.55. The third kappa shape index (κ3) is 3.35. The summed E-state index contributed by atoms with van der Waals surface area (Å²) in [6, 6.07) is 17.2. The first-order chi connectivity index (χ1) is 10.7. The molecule has 2 aromatic carbocycles. The number of rotatable bonds is 4. The minimum absolute atomic E-state index is 0.0361. The molecule has 1 amide bonds. The van der Waals surface area contributed by atoms with E-state index in [1.807, 2.05) is 30.3 Å². The molecule has 22 heavy (non-hydrogen) atoms. The average molecular weight is 296 g/mol. The second kappa shape index (κ2) is 6.73. The number of carbonyl (C=O) groups excluding carboxylic acids is 1. The zero-order valence-electron chi connectivity index (χ0n) is 12.3. The van der Waals surface area contributed by atoms with Crippen molar-refractivity contribution in [2.45, 2.75) is 25.1 Å². The molecule has 4 heteroatoms. The number of aliphatic hydroxyl groups is 1. The van der Waals surface area contributed by atoms with Crippen LogP contribution in [-0.2, 0) is 13.0 Å². The van der Waals surface area contributed by atoms with Crippen molar-refractivity contribution in [1.29, 1.82) is 0 Å². The smallest absolute Gasteiger partial charge is 0.251 e. The van der Waals surface area contributed by atoms with Gasteiger partial charge in [-0.25, -0.2) is 0 Å². The maximum Gasteiger partial charge on any atom is 0.251 e. The van der Waals surface area contributed by atoms with Gasteiger partial charge in [-0.1, -0.05) is 42.5 Å². The minimum atomic E-state index is -0.610. The molecule has 0 aliphatic carbocycles. The normalized spacial score (nSPS) is 18.3. The summed E-state index contributed by atoms with van der Waals surface area (Å²) >= 11 is 0. The van der Waals surface area contributed by atoms with E-state index >= 15 is 0 Å². The van der Waals surface area contributed by atoms with Gasteiger partial charge in [-0.3, -0.25) is 4.79 Å². The Morgan fingerprint density at radius 3 is 2.59 bits per heavy atom. The van der Waals surface area contributed by atoms with Gasteiger partial charge in [0.05, 0.1) is 6.10 Å². The highest BCUT2D eigenvalue weighted by Crippen LogP contribution is 2.17. The van der Waals surface area contributed by atoms with Crippen molar-refractivity contribution in [2.24, 2.45) is 0 Å². The van der Waals surface area contributed by atoms with Crippen molar-refractivity contribution < 1.29 is 9.90 Å². The second-order valence-electron chi connectivity index (χ2n) is 5.60. The first-order valence-corrected chi connectivity index (χ1v) is 7.55. The van der Waals surface area contributed by atoms with E-state index in [2.05, 4.69) is 22.8 Å². The molecular weight excluding hydrogens is 276 g/mol. The molecule has 1 aliphatic heterocycles. The van der Waals surface area contributed by atoms with Crippen LogP contribution in [0.4, 0.5) is 0 Å². The van der Waals surface area contributed by atoms with Crippen LogP contribution in [0.15, 0.2) is 54.6 Å². The fourth-order valence-corrected chi connectivity index (χ4v) is 2.78. The van der Waals surface area contributed by atoms with Gasteiger partial charge in [0.25, 0.3) is 5.91 Å². The fourth-order valence-electron chi connectivity index (χ4n) is 2.78. The number of fused-ring (bicyclic) bond motifs is 1. The molecule has 0 bridgehead atoms. The molecule has 1 aliphatic rings. The predicted octanol–water partition coefficient (Wildman–Crippen LogP) is 1.49. The van der Waals surface area contributed by atoms with Crippen molar-refractivity contribution in [3.05, 3.63) is 71.3 Å². The summed E-state index contributed by atoms with van der Waals surface area (Å²) in [5.74, 6) is -0.157. The number of hydrogen-bond donors (Lipinski definition) is 3. The summed E-state index contributed by atoms with van der Waals surface area (Å²) in [6.45, 7) is 0.998. The van der Waals surface area contributed by atoms with E-state index in [0.717, 1.165) is 13.0 Å². The lowest BCUT2D eigenvalue weighted by Gasteiger charge is -2.30. The maximum atomic E-state index is 12.0. The Kier molecular flexibility index (Phi) is 4.51. The van der Waals surface area contributed by atoms with Crippen molar-refractivity contribution in [3.8, 4) is 0 Å². The van der Waals surface area contributed by atoms with Gasteiger partial charge >= 0.3 is 0 Å². The minimum Gasteiger partial charge on any atom is -0.390 e. The number of nitrogens with one attached hydrogen (secondary N) is 2. The lowest BCUT2D eigenvalue weighted by atomic mass is 9.93. The molecule has 1 unspecified atom stereocenters. The molecule has 3 rings (SSSR count). The molecule has 3 N–H and O–H groups in total. The molecule has 0 fully saturated rings. The zero-order valence-corrected chi connectivity index (χ0v) is 12.3. The van der Waals surface area contributed by atoms with Gasteiger partial charge in [-0.05, 0) is 29.7 Å². The molecule has 114 valence electrons. The Bertz CT molecular complexity index is 643. The van der Waals surface area contributed by atoms with Crippen molar-refractivity contribution in [1.82, 2.24) is 10.6 Å². The third-order valence-electron chi connectivity index (χ3n) is 4.09. The van der Waals surface area contributed by atoms with Gasteiger partial charge in [-0.15, -0.1) is 0 Å². The first kappa shape index (κ1) is 14.8. The van der Waals surface area contributed by atoms with Crippen LogP contribution >= 0.6 is 0 Å². The van der Waals surface area contributed by atoms with Gasteiger partial charge in [-0.2, -0.15) is 0 Å². The highest BCUT2D eigenvalue weighted by Gasteiger charge is 2.24. The largest absolute Gasteiger partial charge is 0.390 e. The molecule has 4 nitrogen and oxygen atoms in total. The molecule has 0 aromatic heterocycles. The molecule has 0 radical (unpaired) electrons. The number of amides is 1. The fraction of sp³-hybridized carbons (Fsp3) is 0.278. The second-order valence-corrected chi connectivity index (χ2v) is 5.60. The zero-order chi connectivity index (χ0) is 15.4. The van der Waals surface area contributed by atoms with Crippen molar-refractivity contribution in [3.63, 3.8) is 0 Å². The van der Waals surface area contributed by atoms with Gasteiger partial charge in [0.15, 0.2) is 0 Å². The molecular formula is C18H20N2O2. The van der Waals surface area contributed by atoms with Crippen LogP contribution in [0.25, 0.3) is 0 Å². The van der Waals surface area contributed by atoms with Gasteiger partial charge in [0.2, 0.25) is 0 Å². The Morgan fingerprint density at radius 2 is 1.82 bits per heavy atom. The molecule has 0 saturated carbocycles. The summed E-state index contributed by atoms with van der Waals surface area (Å²) in [4.78, 5) is 12.0. The lowest BCUT2D eigenvalue weighted by Crippen LogP contribution is -2.49. The summed E-state index contributed by atoms with van der Waals surface area (Å²) in [5, 5.41) is 16.4. The van der Waals surface area contributed by atoms with E-state index in [1.165, 1.54) is 11.1 Å². The Labute approximate surface area is 130 Å². The highest BCUT2D eigenvalue weighted by atomic mass is 16.3. The molecule has 2 atom stereocenters. The van der Waals surface area contributed by atoms with E-state index in [9.17, 15) is 9.90 Å². The Balaban J connectivity index is 1.55. The van der Waals surface area contributed by atoms with E-state index in [-0.39, 0.29) is 18.5 Å². The van der Waals surface area contributed by atoms with Crippen LogP contribution in [0.3, 0.4) is 0 Å². The quantitative estimate of drug-likeness (QED) is 0.801. The SMILES string of the molecule is O=C(NCC(O)[C@@H]1Cc2ccccc2CN1)c1ccccc1. The number of carbonyl (C=O) groups is 1. The van der Waals surface area contributed by atoms with Gasteiger partial charge < -0.3 is 15.7 Å². The van der Waals surface area contributed by atoms with Crippen LogP contribution in [0, 0.1) is 0 Å². The lowest BCUT2D eigenvalue weighted by molar-refractivity contribution is 0.0870.